The van der Waals surface area contributed by atoms with Gasteiger partial charge in [-0.25, -0.2) is 9.37 Å². The largest absolute Gasteiger partial charge is 0.300 e. The second kappa shape index (κ2) is 7.21. The fourth-order valence-corrected chi connectivity index (χ4v) is 4.05. The van der Waals surface area contributed by atoms with E-state index >= 15 is 0 Å². The third kappa shape index (κ3) is 3.31. The van der Waals surface area contributed by atoms with E-state index in [0.29, 0.717) is 22.0 Å². The predicted molar refractivity (Wildman–Crippen MR) is 107 cm³/mol. The van der Waals surface area contributed by atoms with Crippen LogP contribution in [0.2, 0.25) is 0 Å². The lowest BCUT2D eigenvalue weighted by Crippen LogP contribution is -2.45. The lowest BCUT2D eigenvalue weighted by atomic mass is 10.1. The molecule has 0 fully saturated rings. The number of halogens is 1. The maximum absolute atomic E-state index is 13.1. The van der Waals surface area contributed by atoms with Crippen molar-refractivity contribution in [3.63, 3.8) is 0 Å². The highest BCUT2D eigenvalue weighted by molar-refractivity contribution is 7.16. The Kier molecular flexibility index (Phi) is 4.71. The number of aryl methyl sites for hydroxylation is 1. The van der Waals surface area contributed by atoms with Gasteiger partial charge in [0.25, 0.3) is 11.8 Å². The first kappa shape index (κ1) is 18.9. The number of rotatable bonds is 4. The Morgan fingerprint density at radius 2 is 1.66 bits per heavy atom. The summed E-state index contributed by atoms with van der Waals surface area (Å²) in [6.07, 6.45) is 0. The van der Waals surface area contributed by atoms with Crippen molar-refractivity contribution >= 4 is 34.2 Å². The van der Waals surface area contributed by atoms with Gasteiger partial charge in [0, 0.05) is 10.4 Å². The van der Waals surface area contributed by atoms with Crippen molar-refractivity contribution < 1.29 is 18.8 Å². The Morgan fingerprint density at radius 1 is 1.07 bits per heavy atom. The minimum absolute atomic E-state index is 0.292. The van der Waals surface area contributed by atoms with Gasteiger partial charge in [0.15, 0.2) is 5.13 Å². The summed E-state index contributed by atoms with van der Waals surface area (Å²) in [6.45, 7) is 3.35. The molecule has 1 aliphatic heterocycles. The van der Waals surface area contributed by atoms with Gasteiger partial charge >= 0.3 is 0 Å². The molecular formula is C21H16FN3O3S. The van der Waals surface area contributed by atoms with Crippen molar-refractivity contribution in [3.05, 3.63) is 70.4 Å². The first-order valence-electron chi connectivity index (χ1n) is 8.88. The molecule has 0 radical (unpaired) electrons. The van der Waals surface area contributed by atoms with Crippen LogP contribution in [0.5, 0.6) is 0 Å². The Balaban J connectivity index is 1.53. The number of imide groups is 1. The number of hydrogen-bond donors (Lipinski definition) is 1. The van der Waals surface area contributed by atoms with E-state index < -0.39 is 23.8 Å². The van der Waals surface area contributed by atoms with Crippen LogP contribution in [0, 0.1) is 12.7 Å². The molecule has 0 saturated heterocycles. The number of carbonyl (C=O) groups is 3. The lowest BCUT2D eigenvalue weighted by Gasteiger charge is -2.21. The van der Waals surface area contributed by atoms with Crippen LogP contribution in [-0.2, 0) is 4.79 Å². The van der Waals surface area contributed by atoms with Crippen LogP contribution in [0.15, 0.2) is 48.5 Å². The Morgan fingerprint density at radius 3 is 2.24 bits per heavy atom. The molecule has 3 amide bonds. The van der Waals surface area contributed by atoms with Crippen LogP contribution in [-0.4, -0.2) is 33.6 Å². The molecule has 8 heteroatoms. The summed E-state index contributed by atoms with van der Waals surface area (Å²) in [4.78, 5) is 44.0. The standard InChI is InChI=1S/C21H16FN3O3S/c1-11(25-19(27)15-5-3-4-6-16(15)20(25)28)18(26)24-21-23-17(12(2)29-21)13-7-9-14(22)10-8-13/h3-11H,1-2H3,(H,23,24,26)/t11-/m1/s1. The molecule has 29 heavy (non-hydrogen) atoms. The maximum atomic E-state index is 13.1. The van der Waals surface area contributed by atoms with E-state index in [1.54, 1.807) is 36.4 Å². The number of carbonyl (C=O) groups excluding carboxylic acids is 3. The molecule has 0 saturated carbocycles. The van der Waals surface area contributed by atoms with Crippen LogP contribution in [0.1, 0.15) is 32.5 Å². The number of benzene rings is 2. The normalized spacial score (nSPS) is 14.1. The van der Waals surface area contributed by atoms with Crippen molar-refractivity contribution in [1.82, 2.24) is 9.88 Å². The first-order valence-corrected chi connectivity index (χ1v) is 9.69. The van der Waals surface area contributed by atoms with Gasteiger partial charge in [0.05, 0.1) is 16.8 Å². The average Bonchev–Trinajstić information content (AvgIpc) is 3.19. The molecule has 0 bridgehead atoms. The minimum Gasteiger partial charge on any atom is -0.300 e. The molecule has 6 nitrogen and oxygen atoms in total. The van der Waals surface area contributed by atoms with Gasteiger partial charge in [-0.3, -0.25) is 19.3 Å². The number of hydrogen-bond acceptors (Lipinski definition) is 5. The summed E-state index contributed by atoms with van der Waals surface area (Å²) < 4.78 is 13.1. The molecule has 2 aromatic carbocycles. The highest BCUT2D eigenvalue weighted by Crippen LogP contribution is 2.31. The van der Waals surface area contributed by atoms with E-state index in [2.05, 4.69) is 10.3 Å². The summed E-state index contributed by atoms with van der Waals surface area (Å²) in [7, 11) is 0. The molecule has 4 rings (SSSR count). The third-order valence-electron chi connectivity index (χ3n) is 4.74. The van der Waals surface area contributed by atoms with Gasteiger partial charge in [0.2, 0.25) is 5.91 Å². The van der Waals surface area contributed by atoms with Crippen LogP contribution in [0.4, 0.5) is 9.52 Å². The molecule has 1 aromatic heterocycles. The summed E-state index contributed by atoms with van der Waals surface area (Å²) in [5.41, 5.74) is 1.95. The topological polar surface area (TPSA) is 79.4 Å². The summed E-state index contributed by atoms with van der Waals surface area (Å²) in [5.74, 6) is -1.84. The molecule has 1 atom stereocenters. The molecule has 0 aliphatic carbocycles. The zero-order valence-electron chi connectivity index (χ0n) is 15.6. The summed E-state index contributed by atoms with van der Waals surface area (Å²) in [6, 6.07) is 11.4. The molecule has 3 aromatic rings. The van der Waals surface area contributed by atoms with E-state index in [-0.39, 0.29) is 5.82 Å². The van der Waals surface area contributed by atoms with Gasteiger partial charge < -0.3 is 5.32 Å². The number of anilines is 1. The van der Waals surface area contributed by atoms with Crippen molar-refractivity contribution in [2.45, 2.75) is 19.9 Å². The number of nitrogens with zero attached hydrogens (tertiary/aromatic N) is 2. The van der Waals surface area contributed by atoms with Gasteiger partial charge in [-0.05, 0) is 50.2 Å². The van der Waals surface area contributed by atoms with Crippen molar-refractivity contribution in [1.29, 1.82) is 0 Å². The number of amides is 3. The Labute approximate surface area is 170 Å². The first-order chi connectivity index (χ1) is 13.9. The van der Waals surface area contributed by atoms with Gasteiger partial charge in [0.1, 0.15) is 11.9 Å². The fraction of sp³-hybridized carbons (Fsp3) is 0.143. The van der Waals surface area contributed by atoms with Crippen molar-refractivity contribution in [2.24, 2.45) is 0 Å². The average molecular weight is 409 g/mol. The number of thiazole rings is 1. The highest BCUT2D eigenvalue weighted by Gasteiger charge is 2.40. The third-order valence-corrected chi connectivity index (χ3v) is 5.62. The monoisotopic (exact) mass is 409 g/mol. The molecule has 146 valence electrons. The second-order valence-corrected chi connectivity index (χ2v) is 7.83. The maximum Gasteiger partial charge on any atom is 0.262 e. The predicted octanol–water partition coefficient (Wildman–Crippen LogP) is 3.88. The van der Waals surface area contributed by atoms with Crippen LogP contribution >= 0.6 is 11.3 Å². The molecular weight excluding hydrogens is 393 g/mol. The van der Waals surface area contributed by atoms with E-state index in [4.69, 9.17) is 0 Å². The van der Waals surface area contributed by atoms with E-state index in [9.17, 15) is 18.8 Å². The molecule has 2 heterocycles. The molecule has 0 spiro atoms. The minimum atomic E-state index is -0.999. The number of nitrogens with one attached hydrogen (secondary N) is 1. The summed E-state index contributed by atoms with van der Waals surface area (Å²) in [5, 5.41) is 3.02. The van der Waals surface area contributed by atoms with Gasteiger partial charge in [-0.1, -0.05) is 12.1 Å². The van der Waals surface area contributed by atoms with Crippen LogP contribution < -0.4 is 5.32 Å². The Hall–Kier alpha value is -3.39. The van der Waals surface area contributed by atoms with Crippen LogP contribution in [0.3, 0.4) is 0 Å². The van der Waals surface area contributed by atoms with Crippen molar-refractivity contribution in [2.75, 3.05) is 5.32 Å². The molecule has 0 unspecified atom stereocenters. The zero-order chi connectivity index (χ0) is 20.7. The number of fused-ring (bicyclic) bond motifs is 1. The fourth-order valence-electron chi connectivity index (χ4n) is 3.21. The van der Waals surface area contributed by atoms with Crippen molar-refractivity contribution in [3.8, 4) is 11.3 Å². The zero-order valence-corrected chi connectivity index (χ0v) is 16.4. The van der Waals surface area contributed by atoms with Gasteiger partial charge in [-0.2, -0.15) is 0 Å². The SMILES string of the molecule is Cc1sc(NC(=O)[C@@H](C)N2C(=O)c3ccccc3C2=O)nc1-c1ccc(F)cc1. The van der Waals surface area contributed by atoms with E-state index in [1.807, 2.05) is 6.92 Å². The second-order valence-electron chi connectivity index (χ2n) is 6.62. The van der Waals surface area contributed by atoms with Gasteiger partial charge in [-0.15, -0.1) is 11.3 Å². The summed E-state index contributed by atoms with van der Waals surface area (Å²) >= 11 is 1.27. The molecule has 1 N–H and O–H groups in total. The smallest absolute Gasteiger partial charge is 0.262 e. The lowest BCUT2D eigenvalue weighted by molar-refractivity contribution is -0.119. The quantitative estimate of drug-likeness (QED) is 0.663. The highest BCUT2D eigenvalue weighted by atomic mass is 32.1. The van der Waals surface area contributed by atoms with Crippen LogP contribution in [0.25, 0.3) is 11.3 Å². The molecule has 1 aliphatic rings. The van der Waals surface area contributed by atoms with E-state index in [0.717, 1.165) is 15.3 Å². The number of aromatic nitrogens is 1. The van der Waals surface area contributed by atoms with E-state index in [1.165, 1.54) is 30.4 Å². The Bertz CT molecular complexity index is 1110.